The van der Waals surface area contributed by atoms with Gasteiger partial charge in [-0.05, 0) is 82.3 Å². The molecule has 1 aromatic carbocycles. The Morgan fingerprint density at radius 3 is 2.55 bits per heavy atom. The fourth-order valence-electron chi connectivity index (χ4n) is 5.44. The Labute approximate surface area is 227 Å². The highest BCUT2D eigenvalue weighted by molar-refractivity contribution is 5.85. The summed E-state index contributed by atoms with van der Waals surface area (Å²) in [7, 11) is 0. The fraction of sp³-hybridized carbons (Fsp3) is 0.464. The number of nitrogens with one attached hydrogen (secondary N) is 2. The van der Waals surface area contributed by atoms with Crippen LogP contribution < -0.4 is 20.3 Å². The normalized spacial score (nSPS) is 17.6. The molecule has 38 heavy (non-hydrogen) atoms. The molecule has 4 heterocycles. The molecule has 0 spiro atoms. The lowest BCUT2D eigenvalue weighted by Crippen LogP contribution is -2.38. The standard InChI is InChI=1S/C28H32F2N6O.ClH/c1-16(2)36-11-12-37-27-21(29)13-19(14-23(27)36)26-22(30)15-32-28(35-26)34-24-6-5-20(17-7-9-31-10-8-17)25(33-24)18-3-4-18;/h5-6,13-18,31H,3-4,7-12H2,1-2H3,(H,32,33,34,35);1H. The summed E-state index contributed by atoms with van der Waals surface area (Å²) < 4.78 is 35.5. The molecule has 1 aliphatic carbocycles. The van der Waals surface area contributed by atoms with Crippen LogP contribution in [0.15, 0.2) is 30.5 Å². The molecule has 3 aromatic rings. The van der Waals surface area contributed by atoms with Crippen LogP contribution in [0.2, 0.25) is 0 Å². The first kappa shape index (κ1) is 26.6. The van der Waals surface area contributed by atoms with Gasteiger partial charge in [0.15, 0.2) is 17.4 Å². The van der Waals surface area contributed by atoms with Gasteiger partial charge in [0, 0.05) is 23.2 Å². The van der Waals surface area contributed by atoms with Crippen molar-refractivity contribution >= 4 is 29.9 Å². The second kappa shape index (κ2) is 11.0. The Bertz CT molecular complexity index is 1310. The van der Waals surface area contributed by atoms with Gasteiger partial charge in [-0.1, -0.05) is 6.07 Å². The topological polar surface area (TPSA) is 75.2 Å². The van der Waals surface area contributed by atoms with Crippen molar-refractivity contribution in [3.8, 4) is 17.0 Å². The number of piperidine rings is 1. The van der Waals surface area contributed by atoms with Crippen LogP contribution in [0.5, 0.6) is 5.75 Å². The molecule has 3 aliphatic rings. The van der Waals surface area contributed by atoms with Gasteiger partial charge in [-0.3, -0.25) is 0 Å². The number of ether oxygens (including phenoxy) is 1. The van der Waals surface area contributed by atoms with Gasteiger partial charge in [0.1, 0.15) is 18.1 Å². The average Bonchev–Trinajstić information content (AvgIpc) is 3.75. The molecular formula is C28H33ClF2N6O. The summed E-state index contributed by atoms with van der Waals surface area (Å²) in [5.41, 5.74) is 3.47. The number of anilines is 3. The SMILES string of the molecule is CC(C)N1CCOc2c(F)cc(-c3nc(Nc4ccc(C5CCNCC5)c(C5CC5)n4)ncc3F)cc21.Cl. The highest BCUT2D eigenvalue weighted by Gasteiger charge is 2.31. The van der Waals surface area contributed by atoms with Crippen LogP contribution in [-0.4, -0.2) is 47.2 Å². The van der Waals surface area contributed by atoms with Crippen molar-refractivity contribution in [2.45, 2.75) is 57.4 Å². The fourth-order valence-corrected chi connectivity index (χ4v) is 5.44. The van der Waals surface area contributed by atoms with E-state index in [4.69, 9.17) is 9.72 Å². The Hall–Kier alpha value is -3.04. The van der Waals surface area contributed by atoms with Gasteiger partial charge in [0.25, 0.3) is 0 Å². The van der Waals surface area contributed by atoms with Crippen LogP contribution in [0.4, 0.5) is 26.2 Å². The van der Waals surface area contributed by atoms with Gasteiger partial charge in [-0.25, -0.2) is 23.7 Å². The van der Waals surface area contributed by atoms with E-state index >= 15 is 4.39 Å². The maximum Gasteiger partial charge on any atom is 0.229 e. The van der Waals surface area contributed by atoms with Gasteiger partial charge < -0.3 is 20.3 Å². The number of fused-ring (bicyclic) bond motifs is 1. The zero-order valence-electron chi connectivity index (χ0n) is 21.6. The van der Waals surface area contributed by atoms with Crippen LogP contribution in [0, 0.1) is 11.6 Å². The van der Waals surface area contributed by atoms with E-state index in [2.05, 4.69) is 31.6 Å². The van der Waals surface area contributed by atoms with E-state index in [1.807, 2.05) is 19.9 Å². The molecule has 2 N–H and O–H groups in total. The Balaban J connectivity index is 0.00000294. The summed E-state index contributed by atoms with van der Waals surface area (Å²) in [5, 5.41) is 6.59. The number of benzene rings is 1. The van der Waals surface area contributed by atoms with Gasteiger partial charge >= 0.3 is 0 Å². The second-order valence-electron chi connectivity index (χ2n) is 10.4. The van der Waals surface area contributed by atoms with Crippen molar-refractivity contribution in [3.63, 3.8) is 0 Å². The lowest BCUT2D eigenvalue weighted by atomic mass is 9.88. The zero-order chi connectivity index (χ0) is 25.5. The van der Waals surface area contributed by atoms with Crippen LogP contribution in [0.3, 0.4) is 0 Å². The van der Waals surface area contributed by atoms with E-state index in [1.165, 1.54) is 11.6 Å². The third-order valence-corrected chi connectivity index (χ3v) is 7.49. The third-order valence-electron chi connectivity index (χ3n) is 7.49. The first-order valence-corrected chi connectivity index (χ1v) is 13.2. The predicted molar refractivity (Wildman–Crippen MR) is 147 cm³/mol. The number of aromatic nitrogens is 3. The van der Waals surface area contributed by atoms with Crippen molar-refractivity contribution < 1.29 is 13.5 Å². The summed E-state index contributed by atoms with van der Waals surface area (Å²) in [5.74, 6) is 0.923. The lowest BCUT2D eigenvalue weighted by molar-refractivity contribution is 0.287. The van der Waals surface area contributed by atoms with Gasteiger partial charge in [-0.15, -0.1) is 12.4 Å². The quantitative estimate of drug-likeness (QED) is 0.399. The third kappa shape index (κ3) is 5.27. The molecule has 0 bridgehead atoms. The minimum absolute atomic E-state index is 0. The molecule has 2 fully saturated rings. The molecule has 2 aliphatic heterocycles. The highest BCUT2D eigenvalue weighted by Crippen LogP contribution is 2.44. The number of rotatable bonds is 6. The number of hydrogen-bond donors (Lipinski definition) is 2. The second-order valence-corrected chi connectivity index (χ2v) is 10.4. The van der Waals surface area contributed by atoms with E-state index < -0.39 is 11.6 Å². The number of hydrogen-bond acceptors (Lipinski definition) is 7. The van der Waals surface area contributed by atoms with Crippen molar-refractivity contribution in [2.75, 3.05) is 36.5 Å². The van der Waals surface area contributed by atoms with Crippen LogP contribution in [0.25, 0.3) is 11.3 Å². The molecular weight excluding hydrogens is 510 g/mol. The van der Waals surface area contributed by atoms with Gasteiger partial charge in [-0.2, -0.15) is 0 Å². The molecule has 7 nitrogen and oxygen atoms in total. The summed E-state index contributed by atoms with van der Waals surface area (Å²) in [6.07, 6.45) is 5.67. The summed E-state index contributed by atoms with van der Waals surface area (Å²) >= 11 is 0. The van der Waals surface area contributed by atoms with E-state index in [-0.39, 0.29) is 35.8 Å². The molecule has 1 saturated carbocycles. The van der Waals surface area contributed by atoms with E-state index in [9.17, 15) is 4.39 Å². The van der Waals surface area contributed by atoms with Crippen LogP contribution in [0.1, 0.15) is 62.6 Å². The molecule has 6 rings (SSSR count). The monoisotopic (exact) mass is 542 g/mol. The Morgan fingerprint density at radius 2 is 1.82 bits per heavy atom. The minimum atomic E-state index is -0.620. The first-order valence-electron chi connectivity index (χ1n) is 13.2. The summed E-state index contributed by atoms with van der Waals surface area (Å²) in [6, 6.07) is 7.28. The zero-order valence-corrected chi connectivity index (χ0v) is 22.5. The van der Waals surface area contributed by atoms with Gasteiger partial charge in [0.2, 0.25) is 5.95 Å². The van der Waals surface area contributed by atoms with Crippen molar-refractivity contribution in [1.82, 2.24) is 20.3 Å². The lowest BCUT2D eigenvalue weighted by Gasteiger charge is -2.34. The largest absolute Gasteiger partial charge is 0.486 e. The van der Waals surface area contributed by atoms with Crippen molar-refractivity contribution in [3.05, 3.63) is 53.4 Å². The molecule has 0 atom stereocenters. The van der Waals surface area contributed by atoms with Crippen LogP contribution in [-0.2, 0) is 0 Å². The Morgan fingerprint density at radius 1 is 1.03 bits per heavy atom. The van der Waals surface area contributed by atoms with Crippen LogP contribution >= 0.6 is 12.4 Å². The van der Waals surface area contributed by atoms with E-state index in [0.29, 0.717) is 42.1 Å². The van der Waals surface area contributed by atoms with Crippen molar-refractivity contribution in [1.29, 1.82) is 0 Å². The number of nitrogens with zero attached hydrogens (tertiary/aromatic N) is 4. The molecule has 10 heteroatoms. The molecule has 2 aromatic heterocycles. The number of halogens is 3. The molecule has 1 saturated heterocycles. The predicted octanol–water partition coefficient (Wildman–Crippen LogP) is 5.93. The maximum atomic E-state index is 15.0. The van der Waals surface area contributed by atoms with Gasteiger partial charge in [0.05, 0.1) is 18.4 Å². The highest BCUT2D eigenvalue weighted by atomic mass is 35.5. The smallest absolute Gasteiger partial charge is 0.229 e. The molecule has 0 amide bonds. The summed E-state index contributed by atoms with van der Waals surface area (Å²) in [6.45, 7) is 7.17. The molecule has 0 unspecified atom stereocenters. The van der Waals surface area contributed by atoms with Crippen molar-refractivity contribution in [2.24, 2.45) is 0 Å². The van der Waals surface area contributed by atoms with E-state index in [1.54, 1.807) is 6.07 Å². The molecule has 0 radical (unpaired) electrons. The minimum Gasteiger partial charge on any atom is -0.486 e. The first-order chi connectivity index (χ1) is 18.0. The number of pyridine rings is 1. The van der Waals surface area contributed by atoms with E-state index in [0.717, 1.165) is 50.7 Å². The average molecular weight is 543 g/mol. The Kier molecular flexibility index (Phi) is 7.68. The summed E-state index contributed by atoms with van der Waals surface area (Å²) in [4.78, 5) is 15.6. The maximum absolute atomic E-state index is 15.0. The molecule has 202 valence electrons.